The van der Waals surface area contributed by atoms with Crippen LogP contribution in [0.15, 0.2) is 35.9 Å². The van der Waals surface area contributed by atoms with Crippen molar-refractivity contribution < 1.29 is 14.3 Å². The highest BCUT2D eigenvalue weighted by atomic mass is 16.5. The van der Waals surface area contributed by atoms with Gasteiger partial charge in [-0.3, -0.25) is 10.1 Å². The molecule has 0 bridgehead atoms. The van der Waals surface area contributed by atoms with E-state index in [2.05, 4.69) is 16.7 Å². The Hall–Kier alpha value is -2.30. The Morgan fingerprint density at radius 3 is 2.78 bits per heavy atom. The minimum absolute atomic E-state index is 0.177. The van der Waals surface area contributed by atoms with E-state index in [0.717, 1.165) is 24.8 Å². The third-order valence-electron chi connectivity index (χ3n) is 3.82. The molecule has 1 aliphatic carbocycles. The van der Waals surface area contributed by atoms with E-state index in [1.807, 2.05) is 25.1 Å². The number of hydrogen-bond acceptors (Lipinski definition) is 3. The first-order valence-corrected chi connectivity index (χ1v) is 8.09. The number of benzene rings is 1. The van der Waals surface area contributed by atoms with Crippen molar-refractivity contribution in [3.8, 4) is 5.75 Å². The molecule has 0 aliphatic heterocycles. The van der Waals surface area contributed by atoms with Crippen molar-refractivity contribution in [2.24, 2.45) is 0 Å². The molecule has 1 aliphatic rings. The molecule has 0 heterocycles. The zero-order valence-electron chi connectivity index (χ0n) is 13.6. The van der Waals surface area contributed by atoms with Gasteiger partial charge in [-0.2, -0.15) is 0 Å². The molecule has 2 rings (SSSR count). The molecule has 2 N–H and O–H groups in total. The van der Waals surface area contributed by atoms with Crippen LogP contribution in [0, 0.1) is 6.92 Å². The highest BCUT2D eigenvalue weighted by Gasteiger charge is 2.09. The molecular weight excluding hydrogens is 292 g/mol. The van der Waals surface area contributed by atoms with Gasteiger partial charge in [-0.25, -0.2) is 4.79 Å². The van der Waals surface area contributed by atoms with E-state index < -0.39 is 11.9 Å². The zero-order chi connectivity index (χ0) is 16.5. The molecule has 0 fully saturated rings. The van der Waals surface area contributed by atoms with Crippen molar-refractivity contribution in [3.63, 3.8) is 0 Å². The Bertz CT molecular complexity index is 581. The predicted octanol–water partition coefficient (Wildman–Crippen LogP) is 3.09. The number of carbonyl (C=O) groups excluding carboxylic acids is 2. The maximum absolute atomic E-state index is 11.7. The fourth-order valence-corrected chi connectivity index (χ4v) is 2.54. The second-order valence-electron chi connectivity index (χ2n) is 5.72. The number of urea groups is 1. The number of hydrogen-bond donors (Lipinski definition) is 2. The molecule has 0 atom stereocenters. The smallest absolute Gasteiger partial charge is 0.321 e. The van der Waals surface area contributed by atoms with Gasteiger partial charge in [0, 0.05) is 6.54 Å². The summed E-state index contributed by atoms with van der Waals surface area (Å²) in [6.07, 6.45) is 7.84. The third kappa shape index (κ3) is 6.14. The minimum Gasteiger partial charge on any atom is -0.483 e. The van der Waals surface area contributed by atoms with Gasteiger partial charge in [-0.15, -0.1) is 0 Å². The van der Waals surface area contributed by atoms with Crippen molar-refractivity contribution >= 4 is 11.9 Å². The van der Waals surface area contributed by atoms with E-state index >= 15 is 0 Å². The van der Waals surface area contributed by atoms with Crippen LogP contribution in [0.1, 0.15) is 37.7 Å². The summed E-state index contributed by atoms with van der Waals surface area (Å²) in [6.45, 7) is 2.27. The van der Waals surface area contributed by atoms with Crippen LogP contribution in [-0.2, 0) is 4.79 Å². The van der Waals surface area contributed by atoms with Crippen molar-refractivity contribution in [3.05, 3.63) is 41.5 Å². The Morgan fingerprint density at radius 2 is 2.04 bits per heavy atom. The van der Waals surface area contributed by atoms with Gasteiger partial charge in [-0.05, 0) is 50.7 Å². The van der Waals surface area contributed by atoms with E-state index in [4.69, 9.17) is 4.74 Å². The number of rotatable bonds is 6. The second kappa shape index (κ2) is 8.98. The van der Waals surface area contributed by atoms with Crippen LogP contribution in [0.4, 0.5) is 4.79 Å². The molecule has 1 aromatic carbocycles. The number of allylic oxidation sites excluding steroid dienone is 1. The van der Waals surface area contributed by atoms with E-state index in [1.165, 1.54) is 18.4 Å². The van der Waals surface area contributed by atoms with Gasteiger partial charge in [-0.1, -0.05) is 29.8 Å². The predicted molar refractivity (Wildman–Crippen MR) is 89.4 cm³/mol. The summed E-state index contributed by atoms with van der Waals surface area (Å²) in [4.78, 5) is 23.3. The standard InChI is InChI=1S/C18H24N2O3/c1-14-7-5-6-10-16(14)23-13-17(21)20-18(22)19-12-11-15-8-3-2-4-9-15/h5-8,10H,2-4,9,11-13H2,1H3,(H2,19,20,21,22). The topological polar surface area (TPSA) is 67.4 Å². The van der Waals surface area contributed by atoms with Crippen molar-refractivity contribution in [2.45, 2.75) is 39.0 Å². The number of ether oxygens (including phenoxy) is 1. The van der Waals surface area contributed by atoms with Crippen molar-refractivity contribution in [2.75, 3.05) is 13.2 Å². The van der Waals surface area contributed by atoms with E-state index in [-0.39, 0.29) is 6.61 Å². The summed E-state index contributed by atoms with van der Waals surface area (Å²) in [5, 5.41) is 4.98. The second-order valence-corrected chi connectivity index (χ2v) is 5.72. The van der Waals surface area contributed by atoms with Crippen molar-refractivity contribution in [1.29, 1.82) is 0 Å². The van der Waals surface area contributed by atoms with Gasteiger partial charge < -0.3 is 10.1 Å². The summed E-state index contributed by atoms with van der Waals surface area (Å²) in [6, 6.07) is 6.96. The Morgan fingerprint density at radius 1 is 1.22 bits per heavy atom. The number of para-hydroxylation sites is 1. The van der Waals surface area contributed by atoms with Crippen LogP contribution in [0.25, 0.3) is 0 Å². The average molecular weight is 316 g/mol. The largest absolute Gasteiger partial charge is 0.483 e. The van der Waals surface area contributed by atoms with Crippen molar-refractivity contribution in [1.82, 2.24) is 10.6 Å². The maximum atomic E-state index is 11.7. The van der Waals surface area contributed by atoms with Crippen LogP contribution in [0.3, 0.4) is 0 Å². The van der Waals surface area contributed by atoms with E-state index in [1.54, 1.807) is 6.07 Å². The first kappa shape index (κ1) is 17.1. The first-order chi connectivity index (χ1) is 11.1. The maximum Gasteiger partial charge on any atom is 0.321 e. The van der Waals surface area contributed by atoms with Crippen LogP contribution < -0.4 is 15.4 Å². The van der Waals surface area contributed by atoms with Gasteiger partial charge in [0.05, 0.1) is 0 Å². The summed E-state index contributed by atoms with van der Waals surface area (Å²) in [5.74, 6) is 0.190. The minimum atomic E-state index is -0.472. The molecule has 0 aromatic heterocycles. The molecule has 5 nitrogen and oxygen atoms in total. The first-order valence-electron chi connectivity index (χ1n) is 8.09. The van der Waals surface area contributed by atoms with E-state index in [0.29, 0.717) is 12.3 Å². The van der Waals surface area contributed by atoms with Crippen LogP contribution in [0.5, 0.6) is 5.75 Å². The highest BCUT2D eigenvalue weighted by Crippen LogP contribution is 2.19. The summed E-state index contributed by atoms with van der Waals surface area (Å²) in [5.41, 5.74) is 2.34. The molecule has 3 amide bonds. The Balaban J connectivity index is 1.63. The molecule has 124 valence electrons. The third-order valence-corrected chi connectivity index (χ3v) is 3.82. The fraction of sp³-hybridized carbons (Fsp3) is 0.444. The number of aryl methyl sites for hydroxylation is 1. The molecule has 0 unspecified atom stereocenters. The Labute approximate surface area is 137 Å². The lowest BCUT2D eigenvalue weighted by atomic mass is 9.97. The Kier molecular flexibility index (Phi) is 6.66. The number of carbonyl (C=O) groups is 2. The molecule has 1 aromatic rings. The normalized spacial score (nSPS) is 13.9. The quantitative estimate of drug-likeness (QED) is 0.793. The molecule has 0 radical (unpaired) electrons. The number of amides is 3. The summed E-state index contributed by atoms with van der Waals surface area (Å²) >= 11 is 0. The molecule has 23 heavy (non-hydrogen) atoms. The highest BCUT2D eigenvalue weighted by molar-refractivity contribution is 5.95. The van der Waals surface area contributed by atoms with Crippen LogP contribution >= 0.6 is 0 Å². The van der Waals surface area contributed by atoms with Gasteiger partial charge in [0.2, 0.25) is 0 Å². The average Bonchev–Trinajstić information content (AvgIpc) is 2.55. The van der Waals surface area contributed by atoms with Gasteiger partial charge in [0.15, 0.2) is 6.61 Å². The van der Waals surface area contributed by atoms with Gasteiger partial charge >= 0.3 is 6.03 Å². The molecule has 0 saturated heterocycles. The molecule has 5 heteroatoms. The van der Waals surface area contributed by atoms with Gasteiger partial charge in [0.1, 0.15) is 5.75 Å². The molecule has 0 saturated carbocycles. The number of nitrogens with one attached hydrogen (secondary N) is 2. The van der Waals surface area contributed by atoms with Gasteiger partial charge in [0.25, 0.3) is 5.91 Å². The lowest BCUT2D eigenvalue weighted by molar-refractivity contribution is -0.122. The molecular formula is C18H24N2O3. The van der Waals surface area contributed by atoms with Crippen LogP contribution in [0.2, 0.25) is 0 Å². The fourth-order valence-electron chi connectivity index (χ4n) is 2.54. The molecule has 0 spiro atoms. The lowest BCUT2D eigenvalue weighted by Gasteiger charge is -2.13. The lowest BCUT2D eigenvalue weighted by Crippen LogP contribution is -2.42. The number of imide groups is 1. The SMILES string of the molecule is Cc1ccccc1OCC(=O)NC(=O)NCCC1=CCCCC1. The zero-order valence-corrected chi connectivity index (χ0v) is 13.6. The van der Waals surface area contributed by atoms with Crippen LogP contribution in [-0.4, -0.2) is 25.1 Å². The summed E-state index contributed by atoms with van der Waals surface area (Å²) in [7, 11) is 0. The summed E-state index contributed by atoms with van der Waals surface area (Å²) < 4.78 is 5.40. The monoisotopic (exact) mass is 316 g/mol. The van der Waals surface area contributed by atoms with E-state index in [9.17, 15) is 9.59 Å².